The van der Waals surface area contributed by atoms with Gasteiger partial charge in [0.2, 0.25) is 5.91 Å². The summed E-state index contributed by atoms with van der Waals surface area (Å²) in [5.74, 6) is 1.29. The van der Waals surface area contributed by atoms with E-state index in [1.54, 1.807) is 7.11 Å². The molecule has 1 amide bonds. The number of hydrogen-bond donors (Lipinski definition) is 1. The van der Waals surface area contributed by atoms with E-state index in [-0.39, 0.29) is 11.9 Å². The number of nitrogens with two attached hydrogens (primary N) is 1. The SMILES string of the molecule is COCCN(C(=O)C1(C(N)=S)CC(C)C1)C(C)C1CC1. The summed E-state index contributed by atoms with van der Waals surface area (Å²) in [5, 5.41) is 0. The molecule has 20 heavy (non-hydrogen) atoms. The summed E-state index contributed by atoms with van der Waals surface area (Å²) in [5.41, 5.74) is 5.32. The summed E-state index contributed by atoms with van der Waals surface area (Å²) < 4.78 is 5.16. The van der Waals surface area contributed by atoms with Gasteiger partial charge in [-0.15, -0.1) is 0 Å². The Morgan fingerprint density at radius 1 is 1.50 bits per heavy atom. The van der Waals surface area contributed by atoms with E-state index in [0.717, 1.165) is 12.8 Å². The van der Waals surface area contributed by atoms with E-state index in [9.17, 15) is 4.79 Å². The van der Waals surface area contributed by atoms with Crippen LogP contribution in [-0.2, 0) is 9.53 Å². The van der Waals surface area contributed by atoms with Gasteiger partial charge in [-0.25, -0.2) is 0 Å². The van der Waals surface area contributed by atoms with Crippen molar-refractivity contribution in [1.82, 2.24) is 4.90 Å². The van der Waals surface area contributed by atoms with Crippen LogP contribution in [0.2, 0.25) is 0 Å². The maximum atomic E-state index is 13.0. The van der Waals surface area contributed by atoms with Gasteiger partial charge in [0.1, 0.15) is 0 Å². The minimum Gasteiger partial charge on any atom is -0.392 e. The molecule has 0 aliphatic heterocycles. The molecule has 2 saturated carbocycles. The van der Waals surface area contributed by atoms with Crippen molar-refractivity contribution in [2.24, 2.45) is 23.0 Å². The van der Waals surface area contributed by atoms with Crippen LogP contribution in [0.15, 0.2) is 0 Å². The molecule has 0 aromatic rings. The predicted molar refractivity (Wildman–Crippen MR) is 83.4 cm³/mol. The quantitative estimate of drug-likeness (QED) is 0.730. The predicted octanol–water partition coefficient (Wildman–Crippen LogP) is 1.96. The second-order valence-corrected chi connectivity index (χ2v) is 6.97. The van der Waals surface area contributed by atoms with Gasteiger partial charge in [0.15, 0.2) is 0 Å². The fraction of sp³-hybridized carbons (Fsp3) is 0.867. The van der Waals surface area contributed by atoms with E-state index in [4.69, 9.17) is 22.7 Å². The van der Waals surface area contributed by atoms with Crippen LogP contribution in [0, 0.1) is 17.3 Å². The van der Waals surface area contributed by atoms with Gasteiger partial charge >= 0.3 is 0 Å². The first-order valence-electron chi connectivity index (χ1n) is 7.52. The lowest BCUT2D eigenvalue weighted by molar-refractivity contribution is -0.147. The zero-order valence-corrected chi connectivity index (χ0v) is 13.5. The van der Waals surface area contributed by atoms with E-state index in [1.807, 2.05) is 4.90 Å². The maximum absolute atomic E-state index is 13.0. The van der Waals surface area contributed by atoms with Gasteiger partial charge in [0.25, 0.3) is 0 Å². The summed E-state index contributed by atoms with van der Waals surface area (Å²) in [6.45, 7) is 5.48. The van der Waals surface area contributed by atoms with Crippen LogP contribution in [0.5, 0.6) is 0 Å². The Morgan fingerprint density at radius 3 is 2.50 bits per heavy atom. The van der Waals surface area contributed by atoms with E-state index in [2.05, 4.69) is 13.8 Å². The molecule has 0 aromatic heterocycles. The van der Waals surface area contributed by atoms with Crippen LogP contribution in [0.3, 0.4) is 0 Å². The van der Waals surface area contributed by atoms with Crippen molar-refractivity contribution in [3.63, 3.8) is 0 Å². The Labute approximate surface area is 127 Å². The molecule has 0 bridgehead atoms. The summed E-state index contributed by atoms with van der Waals surface area (Å²) in [6, 6.07) is 0.264. The third kappa shape index (κ3) is 2.84. The van der Waals surface area contributed by atoms with Crippen molar-refractivity contribution in [3.8, 4) is 0 Å². The van der Waals surface area contributed by atoms with Crippen LogP contribution in [0.25, 0.3) is 0 Å². The highest BCUT2D eigenvalue weighted by Gasteiger charge is 2.53. The fourth-order valence-electron chi connectivity index (χ4n) is 3.40. The van der Waals surface area contributed by atoms with Crippen molar-refractivity contribution >= 4 is 23.1 Å². The summed E-state index contributed by atoms with van der Waals surface area (Å²) in [7, 11) is 1.67. The molecule has 2 aliphatic rings. The van der Waals surface area contributed by atoms with Crippen molar-refractivity contribution < 1.29 is 9.53 Å². The molecule has 2 aliphatic carbocycles. The molecular weight excluding hydrogens is 272 g/mol. The Kier molecular flexibility index (Phi) is 4.69. The zero-order chi connectivity index (χ0) is 14.9. The van der Waals surface area contributed by atoms with Gasteiger partial charge in [0, 0.05) is 19.7 Å². The Morgan fingerprint density at radius 2 is 2.10 bits per heavy atom. The summed E-state index contributed by atoms with van der Waals surface area (Å²) in [6.07, 6.45) is 4.02. The maximum Gasteiger partial charge on any atom is 0.235 e. The molecule has 0 aromatic carbocycles. The second-order valence-electron chi connectivity index (χ2n) is 6.53. The summed E-state index contributed by atoms with van der Waals surface area (Å²) in [4.78, 5) is 15.3. The molecule has 5 heteroatoms. The number of carbonyl (C=O) groups is 1. The van der Waals surface area contributed by atoms with Crippen LogP contribution < -0.4 is 5.73 Å². The van der Waals surface area contributed by atoms with Crippen LogP contribution in [0.1, 0.15) is 39.5 Å². The minimum absolute atomic E-state index is 0.125. The number of nitrogens with zero attached hydrogens (tertiary/aromatic N) is 1. The van der Waals surface area contributed by atoms with E-state index >= 15 is 0 Å². The highest BCUT2D eigenvalue weighted by atomic mass is 32.1. The standard InChI is InChI=1S/C15H26N2O2S/c1-10-8-15(9-10,13(16)20)14(18)17(6-7-19-3)11(2)12-4-5-12/h10-12H,4-9H2,1-3H3,(H2,16,20). The number of thiocarbonyl (C=S) groups is 1. The number of methoxy groups -OCH3 is 1. The molecule has 0 spiro atoms. The Bertz CT molecular complexity index is 389. The van der Waals surface area contributed by atoms with E-state index in [1.165, 1.54) is 12.8 Å². The average molecular weight is 298 g/mol. The van der Waals surface area contributed by atoms with Gasteiger partial charge in [-0.1, -0.05) is 19.1 Å². The third-order valence-electron chi connectivity index (χ3n) is 4.87. The zero-order valence-electron chi connectivity index (χ0n) is 12.7. The third-order valence-corrected chi connectivity index (χ3v) is 5.26. The number of ether oxygens (including phenoxy) is 1. The first-order chi connectivity index (χ1) is 9.42. The van der Waals surface area contributed by atoms with Crippen molar-refractivity contribution in [2.75, 3.05) is 20.3 Å². The van der Waals surface area contributed by atoms with Crippen molar-refractivity contribution in [2.45, 2.75) is 45.6 Å². The molecule has 2 N–H and O–H groups in total. The van der Waals surface area contributed by atoms with Crippen molar-refractivity contribution in [3.05, 3.63) is 0 Å². The fourth-order valence-corrected chi connectivity index (χ4v) is 3.65. The Hall–Kier alpha value is -0.680. The summed E-state index contributed by atoms with van der Waals surface area (Å²) >= 11 is 5.21. The van der Waals surface area contributed by atoms with Gasteiger partial charge in [-0.2, -0.15) is 0 Å². The van der Waals surface area contributed by atoms with Crippen molar-refractivity contribution in [1.29, 1.82) is 0 Å². The molecule has 1 unspecified atom stereocenters. The molecule has 2 fully saturated rings. The monoisotopic (exact) mass is 298 g/mol. The lowest BCUT2D eigenvalue weighted by Gasteiger charge is -2.48. The van der Waals surface area contributed by atoms with Crippen LogP contribution >= 0.6 is 12.2 Å². The smallest absolute Gasteiger partial charge is 0.235 e. The topological polar surface area (TPSA) is 55.6 Å². The second kappa shape index (κ2) is 5.98. The lowest BCUT2D eigenvalue weighted by Crippen LogP contribution is -2.59. The minimum atomic E-state index is -0.592. The average Bonchev–Trinajstić information content (AvgIpc) is 3.18. The highest BCUT2D eigenvalue weighted by Crippen LogP contribution is 2.48. The molecule has 1 atom stereocenters. The first-order valence-corrected chi connectivity index (χ1v) is 7.93. The first kappa shape index (κ1) is 15.7. The number of rotatable bonds is 7. The van der Waals surface area contributed by atoms with Gasteiger partial charge in [0.05, 0.1) is 17.0 Å². The number of carbonyl (C=O) groups excluding carboxylic acids is 1. The molecule has 2 rings (SSSR count). The molecular formula is C15H26N2O2S. The number of amides is 1. The lowest BCUT2D eigenvalue weighted by atomic mass is 9.61. The van der Waals surface area contributed by atoms with E-state index in [0.29, 0.717) is 30.0 Å². The normalized spacial score (nSPS) is 30.4. The van der Waals surface area contributed by atoms with Gasteiger partial charge < -0.3 is 15.4 Å². The molecule has 4 nitrogen and oxygen atoms in total. The highest BCUT2D eigenvalue weighted by molar-refractivity contribution is 7.80. The van der Waals surface area contributed by atoms with Gasteiger partial charge in [-0.3, -0.25) is 4.79 Å². The Balaban J connectivity index is 2.13. The molecule has 0 heterocycles. The van der Waals surface area contributed by atoms with E-state index < -0.39 is 5.41 Å². The van der Waals surface area contributed by atoms with Crippen LogP contribution in [0.4, 0.5) is 0 Å². The molecule has 0 radical (unpaired) electrons. The number of hydrogen-bond acceptors (Lipinski definition) is 3. The largest absolute Gasteiger partial charge is 0.392 e. The molecule has 0 saturated heterocycles. The van der Waals surface area contributed by atoms with Gasteiger partial charge in [-0.05, 0) is 44.4 Å². The molecule has 114 valence electrons. The van der Waals surface area contributed by atoms with Crippen LogP contribution in [-0.4, -0.2) is 42.1 Å².